The highest BCUT2D eigenvalue weighted by Gasteiger charge is 2.36. The molecule has 3 aromatic rings. The van der Waals surface area contributed by atoms with E-state index in [0.717, 1.165) is 15.9 Å². The van der Waals surface area contributed by atoms with Crippen molar-refractivity contribution in [1.29, 1.82) is 0 Å². The van der Waals surface area contributed by atoms with Crippen LogP contribution in [0.25, 0.3) is 0 Å². The summed E-state index contributed by atoms with van der Waals surface area (Å²) in [5.41, 5.74) is 1.46. The van der Waals surface area contributed by atoms with Crippen LogP contribution in [0.1, 0.15) is 35.3 Å². The van der Waals surface area contributed by atoms with E-state index in [9.17, 15) is 22.7 Å². The van der Waals surface area contributed by atoms with E-state index < -0.39 is 32.9 Å². The van der Waals surface area contributed by atoms with Gasteiger partial charge < -0.3 is 14.7 Å². The van der Waals surface area contributed by atoms with Gasteiger partial charge in [0.05, 0.1) is 19.2 Å². The van der Waals surface area contributed by atoms with Crippen molar-refractivity contribution in [3.63, 3.8) is 0 Å². The highest BCUT2D eigenvalue weighted by Crippen LogP contribution is 2.28. The molecule has 0 saturated carbocycles. The van der Waals surface area contributed by atoms with Crippen LogP contribution in [0.5, 0.6) is 5.88 Å². The summed E-state index contributed by atoms with van der Waals surface area (Å²) < 4.78 is 47.8. The minimum Gasteiger partial charge on any atom is -0.472 e. The predicted octanol–water partition coefficient (Wildman–Crippen LogP) is 3.16. The number of ether oxygens (including phenoxy) is 1. The topological polar surface area (TPSA) is 100 Å². The number of pyridine rings is 1. The van der Waals surface area contributed by atoms with Crippen molar-refractivity contribution < 1.29 is 27.4 Å². The molecule has 1 aliphatic heterocycles. The molecule has 2 heterocycles. The highest BCUT2D eigenvalue weighted by atomic mass is 32.2. The van der Waals surface area contributed by atoms with Gasteiger partial charge >= 0.3 is 0 Å². The summed E-state index contributed by atoms with van der Waals surface area (Å²) in [6.45, 7) is 3.36. The number of aliphatic hydroxyl groups excluding tert-OH is 1. The number of benzene rings is 2. The quantitative estimate of drug-likeness (QED) is 0.473. The molecule has 0 unspecified atom stereocenters. The molecule has 0 saturated heterocycles. The van der Waals surface area contributed by atoms with Crippen molar-refractivity contribution in [3.8, 4) is 17.7 Å². The van der Waals surface area contributed by atoms with Gasteiger partial charge in [-0.1, -0.05) is 49.1 Å². The van der Waals surface area contributed by atoms with Gasteiger partial charge in [-0.3, -0.25) is 4.79 Å². The molecule has 0 radical (unpaired) electrons. The Morgan fingerprint density at radius 1 is 1.15 bits per heavy atom. The van der Waals surface area contributed by atoms with Crippen molar-refractivity contribution in [2.75, 3.05) is 26.7 Å². The third-order valence-corrected chi connectivity index (χ3v) is 8.46. The maximum Gasteiger partial charge on any atom is 0.259 e. The molecule has 3 atom stereocenters. The molecule has 10 heteroatoms. The number of aliphatic hydroxyl groups is 1. The summed E-state index contributed by atoms with van der Waals surface area (Å²) in [4.78, 5) is 19.0. The zero-order chi connectivity index (χ0) is 28.2. The number of carbonyl (C=O) groups is 1. The summed E-state index contributed by atoms with van der Waals surface area (Å²) in [6.07, 6.45) is 0.760. The van der Waals surface area contributed by atoms with E-state index in [2.05, 4.69) is 16.8 Å². The van der Waals surface area contributed by atoms with Gasteiger partial charge in [-0.2, -0.15) is 4.31 Å². The van der Waals surface area contributed by atoms with Crippen LogP contribution in [-0.4, -0.2) is 72.5 Å². The number of amides is 1. The summed E-state index contributed by atoms with van der Waals surface area (Å²) >= 11 is 0. The Kier molecular flexibility index (Phi) is 8.65. The molecule has 2 aromatic carbocycles. The van der Waals surface area contributed by atoms with Gasteiger partial charge in [0.25, 0.3) is 5.91 Å². The Balaban J connectivity index is 1.69. The minimum atomic E-state index is -4.16. The summed E-state index contributed by atoms with van der Waals surface area (Å²) in [6, 6.07) is 15.6. The summed E-state index contributed by atoms with van der Waals surface area (Å²) in [7, 11) is -2.80. The van der Waals surface area contributed by atoms with E-state index in [1.54, 1.807) is 13.0 Å². The molecule has 1 aliphatic rings. The fraction of sp³-hybridized carbons (Fsp3) is 0.310. The number of halogens is 1. The monoisotopic (exact) mass is 551 g/mol. The molecule has 4 rings (SSSR count). The first-order valence-electron chi connectivity index (χ1n) is 12.5. The number of sulfonamides is 1. The van der Waals surface area contributed by atoms with E-state index in [4.69, 9.17) is 4.74 Å². The van der Waals surface area contributed by atoms with E-state index >= 15 is 0 Å². The molecule has 1 aromatic heterocycles. The normalized spacial score (nSPS) is 18.3. The van der Waals surface area contributed by atoms with E-state index in [1.165, 1.54) is 36.3 Å². The van der Waals surface area contributed by atoms with Crippen LogP contribution in [0.2, 0.25) is 0 Å². The van der Waals surface area contributed by atoms with Crippen LogP contribution < -0.4 is 4.74 Å². The van der Waals surface area contributed by atoms with Gasteiger partial charge in [-0.05, 0) is 37.3 Å². The number of aromatic nitrogens is 1. The van der Waals surface area contributed by atoms with Crippen LogP contribution in [0.4, 0.5) is 4.39 Å². The van der Waals surface area contributed by atoms with E-state index in [0.29, 0.717) is 5.56 Å². The predicted molar refractivity (Wildman–Crippen MR) is 144 cm³/mol. The average molecular weight is 552 g/mol. The molecular weight excluding hydrogens is 521 g/mol. The second kappa shape index (κ2) is 11.9. The van der Waals surface area contributed by atoms with Crippen molar-refractivity contribution in [3.05, 3.63) is 89.4 Å². The van der Waals surface area contributed by atoms with Gasteiger partial charge in [0, 0.05) is 36.8 Å². The second-order valence-corrected chi connectivity index (χ2v) is 11.5. The van der Waals surface area contributed by atoms with Crippen LogP contribution in [0.3, 0.4) is 0 Å². The Labute approximate surface area is 228 Å². The lowest BCUT2D eigenvalue weighted by molar-refractivity contribution is 0.0373. The molecule has 204 valence electrons. The van der Waals surface area contributed by atoms with Crippen LogP contribution in [-0.2, 0) is 10.0 Å². The van der Waals surface area contributed by atoms with Crippen molar-refractivity contribution in [2.24, 2.45) is 5.92 Å². The Bertz CT molecular complexity index is 1500. The largest absolute Gasteiger partial charge is 0.472 e. The van der Waals surface area contributed by atoms with Crippen molar-refractivity contribution >= 4 is 15.9 Å². The third kappa shape index (κ3) is 6.28. The lowest BCUT2D eigenvalue weighted by atomic mass is 10.0. The number of hydrogen-bond donors (Lipinski definition) is 1. The van der Waals surface area contributed by atoms with E-state index in [-0.39, 0.29) is 43.0 Å². The van der Waals surface area contributed by atoms with Gasteiger partial charge in [-0.15, -0.1) is 0 Å². The number of likely N-dealkylation sites (N-methyl/N-ethyl adjacent to an activating group) is 1. The first-order chi connectivity index (χ1) is 18.6. The Hall–Kier alpha value is -3.78. The fourth-order valence-electron chi connectivity index (χ4n) is 4.23. The molecule has 0 fully saturated rings. The standard InChI is InChI=1S/C29H30FN3O5S/c1-20-17-33(21(2)19-34)29(35)24-15-23(14-13-22-9-5-4-6-10-22)16-31-28(24)38-26(20)18-32(3)39(36,37)27-12-8-7-11-25(27)30/h4-12,15-16,20-21,26,34H,17-19H2,1-3H3/t20-,21+,26+/m1/s1. The van der Waals surface area contributed by atoms with Gasteiger partial charge in [0.1, 0.15) is 22.4 Å². The van der Waals surface area contributed by atoms with Crippen LogP contribution in [0, 0.1) is 23.6 Å². The number of fused-ring (bicyclic) bond motifs is 1. The molecule has 1 N–H and O–H groups in total. The molecule has 39 heavy (non-hydrogen) atoms. The molecular formula is C29H30FN3O5S. The zero-order valence-corrected chi connectivity index (χ0v) is 22.7. The number of hydrogen-bond acceptors (Lipinski definition) is 6. The maximum atomic E-state index is 14.3. The first kappa shape index (κ1) is 28.2. The van der Waals surface area contributed by atoms with Gasteiger partial charge in [-0.25, -0.2) is 17.8 Å². The summed E-state index contributed by atoms with van der Waals surface area (Å²) in [5.74, 6) is 4.51. The first-order valence-corrected chi connectivity index (χ1v) is 13.9. The zero-order valence-electron chi connectivity index (χ0n) is 21.9. The number of carbonyl (C=O) groups excluding carboxylic acids is 1. The number of rotatable bonds is 6. The lowest BCUT2D eigenvalue weighted by Crippen LogP contribution is -2.50. The van der Waals surface area contributed by atoms with Gasteiger partial charge in [0.2, 0.25) is 15.9 Å². The highest BCUT2D eigenvalue weighted by molar-refractivity contribution is 7.89. The SMILES string of the molecule is C[C@@H]1CN([C@@H](C)CO)C(=O)c2cc(C#Cc3ccccc3)cnc2O[C@H]1CN(C)S(=O)(=O)c1ccccc1F. The smallest absolute Gasteiger partial charge is 0.259 e. The van der Waals surface area contributed by atoms with Crippen molar-refractivity contribution in [2.45, 2.75) is 30.9 Å². The van der Waals surface area contributed by atoms with Gasteiger partial charge in [0.15, 0.2) is 0 Å². The molecule has 1 amide bonds. The number of nitrogens with zero attached hydrogens (tertiary/aromatic N) is 3. The Morgan fingerprint density at radius 2 is 1.82 bits per heavy atom. The Morgan fingerprint density at radius 3 is 2.51 bits per heavy atom. The second-order valence-electron chi connectivity index (χ2n) is 9.53. The molecule has 0 spiro atoms. The van der Waals surface area contributed by atoms with E-state index in [1.807, 2.05) is 37.3 Å². The fourth-order valence-corrected chi connectivity index (χ4v) is 5.47. The molecule has 0 bridgehead atoms. The summed E-state index contributed by atoms with van der Waals surface area (Å²) in [5, 5.41) is 9.85. The maximum absolute atomic E-state index is 14.3. The third-order valence-electron chi connectivity index (χ3n) is 6.61. The van der Waals surface area contributed by atoms with Crippen LogP contribution >= 0.6 is 0 Å². The minimum absolute atomic E-state index is 0.0358. The van der Waals surface area contributed by atoms with Crippen molar-refractivity contribution in [1.82, 2.24) is 14.2 Å². The average Bonchev–Trinajstić information content (AvgIpc) is 2.94. The van der Waals surface area contributed by atoms with Crippen LogP contribution in [0.15, 0.2) is 71.8 Å². The lowest BCUT2D eigenvalue weighted by Gasteiger charge is -2.37. The molecule has 0 aliphatic carbocycles. The molecule has 8 nitrogen and oxygen atoms in total.